The molecular weight excluding hydrogens is 262 g/mol. The molecule has 0 aromatic heterocycles. The molecule has 0 fully saturated rings. The van der Waals surface area contributed by atoms with Gasteiger partial charge < -0.3 is 4.74 Å². The monoisotopic (exact) mass is 283 g/mol. The van der Waals surface area contributed by atoms with E-state index in [4.69, 9.17) is 16.3 Å². The summed E-state index contributed by atoms with van der Waals surface area (Å²) in [5, 5.41) is 0.593. The van der Waals surface area contributed by atoms with E-state index in [9.17, 15) is 4.79 Å². The van der Waals surface area contributed by atoms with E-state index in [2.05, 4.69) is 4.90 Å². The van der Waals surface area contributed by atoms with E-state index >= 15 is 0 Å². The molecule has 0 aliphatic rings. The minimum Gasteiger partial charge on any atom is -0.380 e. The Morgan fingerprint density at radius 3 is 2.74 bits per heavy atom. The number of ketones is 1. The van der Waals surface area contributed by atoms with Gasteiger partial charge in [-0.15, -0.1) is 0 Å². The highest BCUT2D eigenvalue weighted by Gasteiger charge is 2.21. The fourth-order valence-electron chi connectivity index (χ4n) is 2.00. The second-order valence-electron chi connectivity index (χ2n) is 4.38. The van der Waals surface area contributed by atoms with E-state index < -0.39 is 0 Å². The molecule has 0 radical (unpaired) electrons. The highest BCUT2D eigenvalue weighted by Crippen LogP contribution is 2.14. The van der Waals surface area contributed by atoms with Crippen LogP contribution in [0.3, 0.4) is 0 Å². The number of rotatable bonds is 8. The lowest BCUT2D eigenvalue weighted by Crippen LogP contribution is -2.40. The Morgan fingerprint density at radius 1 is 1.42 bits per heavy atom. The van der Waals surface area contributed by atoms with E-state index in [1.54, 1.807) is 24.3 Å². The average molecular weight is 284 g/mol. The predicted octanol–water partition coefficient (Wildman–Crippen LogP) is 3.27. The summed E-state index contributed by atoms with van der Waals surface area (Å²) in [5.74, 6) is 0.0980. The summed E-state index contributed by atoms with van der Waals surface area (Å²) in [6, 6.07) is 6.94. The summed E-state index contributed by atoms with van der Waals surface area (Å²) in [4.78, 5) is 14.5. The van der Waals surface area contributed by atoms with Gasteiger partial charge in [-0.1, -0.05) is 30.7 Å². The van der Waals surface area contributed by atoms with Crippen LogP contribution < -0.4 is 0 Å². The van der Waals surface area contributed by atoms with Gasteiger partial charge in [0.05, 0.1) is 12.6 Å². The van der Waals surface area contributed by atoms with Gasteiger partial charge in [0.1, 0.15) is 0 Å². The third-order valence-corrected chi connectivity index (χ3v) is 3.40. The smallest absolute Gasteiger partial charge is 0.179 e. The first-order valence-corrected chi connectivity index (χ1v) is 7.09. The molecule has 1 aromatic rings. The molecule has 0 amide bonds. The van der Waals surface area contributed by atoms with Gasteiger partial charge in [0.2, 0.25) is 0 Å². The lowest BCUT2D eigenvalue weighted by molar-refractivity contribution is 0.0740. The van der Waals surface area contributed by atoms with E-state index in [0.717, 1.165) is 13.1 Å². The van der Waals surface area contributed by atoms with Crippen molar-refractivity contribution < 1.29 is 9.53 Å². The van der Waals surface area contributed by atoms with Crippen molar-refractivity contribution in [2.75, 3.05) is 26.3 Å². The second kappa shape index (κ2) is 8.31. The molecule has 0 saturated heterocycles. The van der Waals surface area contributed by atoms with Crippen LogP contribution >= 0.6 is 11.6 Å². The van der Waals surface area contributed by atoms with Crippen molar-refractivity contribution in [3.8, 4) is 0 Å². The molecule has 0 aliphatic heterocycles. The van der Waals surface area contributed by atoms with Crippen LogP contribution in [0.5, 0.6) is 0 Å². The number of hydrogen-bond donors (Lipinski definition) is 0. The Kier molecular flexibility index (Phi) is 7.06. The molecule has 0 N–H and O–H groups in total. The number of hydrogen-bond acceptors (Lipinski definition) is 3. The molecular formula is C15H22ClNO2. The van der Waals surface area contributed by atoms with Gasteiger partial charge in [-0.25, -0.2) is 0 Å². The largest absolute Gasteiger partial charge is 0.380 e. The fourth-order valence-corrected chi connectivity index (χ4v) is 2.19. The summed E-state index contributed by atoms with van der Waals surface area (Å²) < 4.78 is 5.35. The van der Waals surface area contributed by atoms with Crippen LogP contribution in [-0.4, -0.2) is 43.0 Å². The van der Waals surface area contributed by atoms with E-state index in [-0.39, 0.29) is 11.8 Å². The highest BCUT2D eigenvalue weighted by molar-refractivity contribution is 6.31. The van der Waals surface area contributed by atoms with E-state index in [0.29, 0.717) is 23.8 Å². The Morgan fingerprint density at radius 2 is 2.16 bits per heavy atom. The molecule has 19 heavy (non-hydrogen) atoms. The number of nitrogens with zero attached hydrogens (tertiary/aromatic N) is 1. The zero-order chi connectivity index (χ0) is 14.3. The van der Waals surface area contributed by atoms with Crippen LogP contribution in [0.25, 0.3) is 0 Å². The third-order valence-electron chi connectivity index (χ3n) is 3.17. The van der Waals surface area contributed by atoms with Gasteiger partial charge in [-0.2, -0.15) is 0 Å². The third kappa shape index (κ3) is 4.94. The molecule has 1 atom stereocenters. The number of benzene rings is 1. The standard InChI is InChI=1S/C15H22ClNO2/c1-4-17(9-10-19-5-2)12(3)15(18)13-7-6-8-14(16)11-13/h6-8,11-12H,4-5,9-10H2,1-3H3. The maximum atomic E-state index is 12.4. The van der Waals surface area contributed by atoms with Crippen LogP contribution in [0.2, 0.25) is 5.02 Å². The minimum absolute atomic E-state index is 0.0980. The van der Waals surface area contributed by atoms with Gasteiger partial charge in [-0.05, 0) is 32.5 Å². The van der Waals surface area contributed by atoms with Gasteiger partial charge in [0, 0.05) is 23.7 Å². The van der Waals surface area contributed by atoms with Gasteiger partial charge in [0.25, 0.3) is 0 Å². The van der Waals surface area contributed by atoms with Crippen molar-refractivity contribution >= 4 is 17.4 Å². The molecule has 1 aromatic carbocycles. The maximum absolute atomic E-state index is 12.4. The number of halogens is 1. The van der Waals surface area contributed by atoms with E-state index in [1.165, 1.54) is 0 Å². The maximum Gasteiger partial charge on any atom is 0.179 e. The normalized spacial score (nSPS) is 12.7. The first-order chi connectivity index (χ1) is 9.10. The molecule has 106 valence electrons. The Hall–Kier alpha value is -0.900. The van der Waals surface area contributed by atoms with Crippen molar-refractivity contribution in [3.05, 3.63) is 34.9 Å². The summed E-state index contributed by atoms with van der Waals surface area (Å²) >= 11 is 5.92. The molecule has 0 aliphatic carbocycles. The van der Waals surface area contributed by atoms with Crippen LogP contribution in [0.1, 0.15) is 31.1 Å². The van der Waals surface area contributed by atoms with Crippen LogP contribution in [0.4, 0.5) is 0 Å². The molecule has 3 nitrogen and oxygen atoms in total. The summed E-state index contributed by atoms with van der Waals surface area (Å²) in [5.41, 5.74) is 0.662. The quantitative estimate of drug-likeness (QED) is 0.542. The summed E-state index contributed by atoms with van der Waals surface area (Å²) in [6.07, 6.45) is 0. The van der Waals surface area contributed by atoms with Gasteiger partial charge >= 0.3 is 0 Å². The first kappa shape index (κ1) is 16.2. The second-order valence-corrected chi connectivity index (χ2v) is 4.81. The van der Waals surface area contributed by atoms with Crippen LogP contribution in [-0.2, 0) is 4.74 Å². The molecule has 4 heteroatoms. The lowest BCUT2D eigenvalue weighted by Gasteiger charge is -2.26. The number of likely N-dealkylation sites (N-methyl/N-ethyl adjacent to an activating group) is 1. The SMILES string of the molecule is CCOCCN(CC)C(C)C(=O)c1cccc(Cl)c1. The Balaban J connectivity index is 2.68. The van der Waals surface area contributed by atoms with Crippen molar-refractivity contribution in [1.82, 2.24) is 4.90 Å². The topological polar surface area (TPSA) is 29.5 Å². The Labute approximate surface area is 120 Å². The number of ether oxygens (including phenoxy) is 1. The van der Waals surface area contributed by atoms with Crippen molar-refractivity contribution in [2.24, 2.45) is 0 Å². The molecule has 1 unspecified atom stereocenters. The van der Waals surface area contributed by atoms with Gasteiger partial charge in [0.15, 0.2) is 5.78 Å². The number of Topliss-reactive ketones (excluding diaryl/α,β-unsaturated/α-hetero) is 1. The molecule has 0 saturated carbocycles. The Bertz CT molecular complexity index is 409. The lowest BCUT2D eigenvalue weighted by atomic mass is 10.0. The van der Waals surface area contributed by atoms with Crippen molar-refractivity contribution in [1.29, 1.82) is 0 Å². The molecule has 0 bridgehead atoms. The number of carbonyl (C=O) groups is 1. The average Bonchev–Trinajstić information content (AvgIpc) is 2.42. The number of carbonyl (C=O) groups excluding carboxylic acids is 1. The molecule has 1 rings (SSSR count). The highest BCUT2D eigenvalue weighted by atomic mass is 35.5. The zero-order valence-electron chi connectivity index (χ0n) is 11.9. The minimum atomic E-state index is -0.163. The summed E-state index contributed by atoms with van der Waals surface area (Å²) in [7, 11) is 0. The van der Waals surface area contributed by atoms with Crippen LogP contribution in [0.15, 0.2) is 24.3 Å². The zero-order valence-corrected chi connectivity index (χ0v) is 12.6. The van der Waals surface area contributed by atoms with Crippen molar-refractivity contribution in [2.45, 2.75) is 26.8 Å². The summed E-state index contributed by atoms with van der Waals surface area (Å²) in [6.45, 7) is 8.88. The fraction of sp³-hybridized carbons (Fsp3) is 0.533. The van der Waals surface area contributed by atoms with E-state index in [1.807, 2.05) is 20.8 Å². The van der Waals surface area contributed by atoms with Crippen molar-refractivity contribution in [3.63, 3.8) is 0 Å². The van der Waals surface area contributed by atoms with Gasteiger partial charge in [-0.3, -0.25) is 9.69 Å². The van der Waals surface area contributed by atoms with Crippen LogP contribution in [0, 0.1) is 0 Å². The predicted molar refractivity (Wildman–Crippen MR) is 79.0 cm³/mol. The first-order valence-electron chi connectivity index (χ1n) is 6.71. The molecule has 0 heterocycles. The molecule has 0 spiro atoms.